The first-order valence-electron chi connectivity index (χ1n) is 9.57. The van der Waals surface area contributed by atoms with Crippen molar-refractivity contribution in [1.29, 1.82) is 0 Å². The van der Waals surface area contributed by atoms with E-state index in [1.807, 2.05) is 0 Å². The molecule has 0 atom stereocenters. The van der Waals surface area contributed by atoms with Gasteiger partial charge in [-0.3, -0.25) is 9.59 Å². The molecule has 6 nitrogen and oxygen atoms in total. The van der Waals surface area contributed by atoms with Crippen LogP contribution < -0.4 is 10.1 Å². The first kappa shape index (κ1) is 25.2. The number of likely N-dealkylation sites (N-methyl/N-ethyl adjacent to an activating group) is 1. The summed E-state index contributed by atoms with van der Waals surface area (Å²) in [4.78, 5) is 36.4. The number of alkyl halides is 3. The Balaban J connectivity index is 1.84. The molecule has 1 N–H and O–H groups in total. The average Bonchev–Trinajstić information content (AvgIpc) is 2.71. The van der Waals surface area contributed by atoms with E-state index < -0.39 is 28.6 Å². The van der Waals surface area contributed by atoms with Crippen molar-refractivity contribution in [3.8, 4) is 5.75 Å². The van der Waals surface area contributed by atoms with Crippen LogP contribution in [0.4, 0.5) is 18.9 Å². The van der Waals surface area contributed by atoms with Gasteiger partial charge >= 0.3 is 6.18 Å². The van der Waals surface area contributed by atoms with Crippen LogP contribution in [0.25, 0.3) is 0 Å². The summed E-state index contributed by atoms with van der Waals surface area (Å²) < 4.78 is 44.2. The third-order valence-electron chi connectivity index (χ3n) is 4.41. The van der Waals surface area contributed by atoms with Gasteiger partial charge in [-0.05, 0) is 49.2 Å². The molecule has 0 saturated heterocycles. The van der Waals surface area contributed by atoms with Gasteiger partial charge in [0.1, 0.15) is 11.5 Å². The summed E-state index contributed by atoms with van der Waals surface area (Å²) in [6.07, 6.45) is -3.60. The van der Waals surface area contributed by atoms with Gasteiger partial charge in [-0.2, -0.15) is 13.2 Å². The molecule has 0 saturated carbocycles. The Bertz CT molecular complexity index is 978. The predicted octanol–water partition coefficient (Wildman–Crippen LogP) is 4.36. The van der Waals surface area contributed by atoms with E-state index in [9.17, 15) is 27.6 Å². The number of anilines is 1. The van der Waals surface area contributed by atoms with Crippen LogP contribution in [0.3, 0.4) is 0 Å². The summed E-state index contributed by atoms with van der Waals surface area (Å²) in [6.45, 7) is 0.820. The van der Waals surface area contributed by atoms with E-state index >= 15 is 0 Å². The highest BCUT2D eigenvalue weighted by Gasteiger charge is 2.33. The fourth-order valence-corrected chi connectivity index (χ4v) is 2.88. The van der Waals surface area contributed by atoms with Gasteiger partial charge in [-0.15, -0.1) is 0 Å². The number of aryl methyl sites for hydroxylation is 1. The summed E-state index contributed by atoms with van der Waals surface area (Å²) in [7, 11) is 1.37. The molecule has 0 aliphatic heterocycles. The quantitative estimate of drug-likeness (QED) is 0.591. The molecule has 172 valence electrons. The van der Waals surface area contributed by atoms with Gasteiger partial charge in [0.2, 0.25) is 5.91 Å². The predicted molar refractivity (Wildman–Crippen MR) is 114 cm³/mol. The summed E-state index contributed by atoms with van der Waals surface area (Å²) in [6, 6.07) is 9.94. The minimum Gasteiger partial charge on any atom is -0.484 e. The molecule has 0 fully saturated rings. The molecule has 2 aromatic carbocycles. The molecule has 0 heterocycles. The van der Waals surface area contributed by atoms with E-state index in [2.05, 4.69) is 5.32 Å². The van der Waals surface area contributed by atoms with Crippen molar-refractivity contribution in [3.63, 3.8) is 0 Å². The number of amides is 2. The highest BCUT2D eigenvalue weighted by molar-refractivity contribution is 6.31. The Morgan fingerprint density at radius 1 is 1.09 bits per heavy atom. The number of ether oxygens (including phenoxy) is 1. The summed E-state index contributed by atoms with van der Waals surface area (Å²) in [5.41, 5.74) is -0.195. The smallest absolute Gasteiger partial charge is 0.417 e. The zero-order valence-electron chi connectivity index (χ0n) is 17.5. The molecule has 0 aliphatic carbocycles. The van der Waals surface area contributed by atoms with Gasteiger partial charge in [-0.25, -0.2) is 0 Å². The molecule has 0 spiro atoms. The molecular formula is C22H22ClF3N2O4. The molecule has 2 amide bonds. The Morgan fingerprint density at radius 2 is 1.75 bits per heavy atom. The van der Waals surface area contributed by atoms with Gasteiger partial charge in [0.25, 0.3) is 5.91 Å². The maximum Gasteiger partial charge on any atom is 0.417 e. The van der Waals surface area contributed by atoms with Crippen molar-refractivity contribution in [2.75, 3.05) is 25.5 Å². The number of hydrogen-bond donors (Lipinski definition) is 1. The van der Waals surface area contributed by atoms with Crippen molar-refractivity contribution in [2.45, 2.75) is 25.9 Å². The van der Waals surface area contributed by atoms with E-state index in [1.165, 1.54) is 20.0 Å². The van der Waals surface area contributed by atoms with Gasteiger partial charge in [-0.1, -0.05) is 23.7 Å². The van der Waals surface area contributed by atoms with Crippen LogP contribution >= 0.6 is 11.6 Å². The minimum absolute atomic E-state index is 0.0892. The number of carbonyl (C=O) groups excluding carboxylic acids is 3. The average molecular weight is 471 g/mol. The van der Waals surface area contributed by atoms with Gasteiger partial charge in [0.15, 0.2) is 6.61 Å². The molecule has 2 aromatic rings. The number of halogens is 4. The van der Waals surface area contributed by atoms with Crippen molar-refractivity contribution >= 4 is 34.9 Å². The molecule has 0 aromatic heterocycles. The third-order valence-corrected chi connectivity index (χ3v) is 4.74. The van der Waals surface area contributed by atoms with Crippen LogP contribution in [-0.2, 0) is 27.0 Å². The van der Waals surface area contributed by atoms with E-state index in [0.717, 1.165) is 22.6 Å². The van der Waals surface area contributed by atoms with Crippen LogP contribution in [0.2, 0.25) is 5.02 Å². The molecule has 2 rings (SSSR count). The number of rotatable bonds is 9. The van der Waals surface area contributed by atoms with Crippen LogP contribution in [0.15, 0.2) is 42.5 Å². The number of benzene rings is 2. The molecule has 0 bridgehead atoms. The monoisotopic (exact) mass is 470 g/mol. The number of hydrogen-bond acceptors (Lipinski definition) is 4. The zero-order valence-corrected chi connectivity index (χ0v) is 18.2. The lowest BCUT2D eigenvalue weighted by Gasteiger charge is -2.18. The van der Waals surface area contributed by atoms with Crippen molar-refractivity contribution in [2.24, 2.45) is 0 Å². The van der Waals surface area contributed by atoms with Crippen molar-refractivity contribution in [1.82, 2.24) is 4.90 Å². The second kappa shape index (κ2) is 11.0. The molecule has 0 aliphatic rings. The van der Waals surface area contributed by atoms with E-state index in [4.69, 9.17) is 16.3 Å². The van der Waals surface area contributed by atoms with Crippen LogP contribution in [-0.4, -0.2) is 42.7 Å². The maximum absolute atomic E-state index is 12.9. The fourth-order valence-electron chi connectivity index (χ4n) is 2.65. The van der Waals surface area contributed by atoms with Gasteiger partial charge in [0, 0.05) is 19.2 Å². The van der Waals surface area contributed by atoms with E-state index in [1.54, 1.807) is 24.3 Å². The first-order chi connectivity index (χ1) is 15.0. The fraction of sp³-hybridized carbons (Fsp3) is 0.318. The molecule has 0 unspecified atom stereocenters. The van der Waals surface area contributed by atoms with Gasteiger partial charge in [0.05, 0.1) is 17.1 Å². The number of Topliss-reactive ketones (excluding diaryl/α,β-unsaturated/α-hetero) is 1. The van der Waals surface area contributed by atoms with Crippen molar-refractivity contribution < 1.29 is 32.3 Å². The molecule has 10 heteroatoms. The minimum atomic E-state index is -4.66. The van der Waals surface area contributed by atoms with Crippen LogP contribution in [0, 0.1) is 0 Å². The Morgan fingerprint density at radius 3 is 2.34 bits per heavy atom. The summed E-state index contributed by atoms with van der Waals surface area (Å²) >= 11 is 5.55. The lowest BCUT2D eigenvalue weighted by Crippen LogP contribution is -2.37. The second-order valence-corrected chi connectivity index (χ2v) is 7.53. The standard InChI is InChI=1S/C22H22ClF3N2O4/c1-14(29)3-4-15-5-8-17(9-6-15)32-13-21(31)28(2)12-20(30)27-16-7-10-19(23)18(11-16)22(24,25)26/h5-11H,3-4,12-13H2,1-2H3,(H,27,30). The third kappa shape index (κ3) is 7.88. The summed E-state index contributed by atoms with van der Waals surface area (Å²) in [5, 5.41) is 1.83. The van der Waals surface area contributed by atoms with Crippen LogP contribution in [0.5, 0.6) is 5.75 Å². The highest BCUT2D eigenvalue weighted by atomic mass is 35.5. The normalized spacial score (nSPS) is 11.1. The van der Waals surface area contributed by atoms with Crippen molar-refractivity contribution in [3.05, 3.63) is 58.6 Å². The summed E-state index contributed by atoms with van der Waals surface area (Å²) in [5.74, 6) is -0.623. The Labute approximate surface area is 188 Å². The molecular weight excluding hydrogens is 449 g/mol. The topological polar surface area (TPSA) is 75.7 Å². The van der Waals surface area contributed by atoms with Crippen LogP contribution in [0.1, 0.15) is 24.5 Å². The second-order valence-electron chi connectivity index (χ2n) is 7.13. The van der Waals surface area contributed by atoms with Gasteiger partial charge < -0.3 is 19.7 Å². The molecule has 32 heavy (non-hydrogen) atoms. The number of ketones is 1. The Hall–Kier alpha value is -3.07. The SMILES string of the molecule is CC(=O)CCc1ccc(OCC(=O)N(C)CC(=O)Nc2ccc(Cl)c(C(F)(F)F)c2)cc1. The molecule has 0 radical (unpaired) electrons. The largest absolute Gasteiger partial charge is 0.484 e. The Kier molecular flexibility index (Phi) is 8.65. The first-order valence-corrected chi connectivity index (χ1v) is 9.95. The zero-order chi connectivity index (χ0) is 23.9. The number of nitrogens with one attached hydrogen (secondary N) is 1. The number of nitrogens with zero attached hydrogens (tertiary/aromatic N) is 1. The number of carbonyl (C=O) groups is 3. The highest BCUT2D eigenvalue weighted by Crippen LogP contribution is 2.36. The lowest BCUT2D eigenvalue weighted by molar-refractivity contribution is -0.137. The lowest BCUT2D eigenvalue weighted by atomic mass is 10.1. The van der Waals surface area contributed by atoms with E-state index in [-0.39, 0.29) is 24.6 Å². The van der Waals surface area contributed by atoms with E-state index in [0.29, 0.717) is 18.6 Å². The maximum atomic E-state index is 12.9.